The van der Waals surface area contributed by atoms with Crippen LogP contribution in [0.4, 0.5) is 5.69 Å². The van der Waals surface area contributed by atoms with E-state index in [0.29, 0.717) is 5.56 Å². The number of hydrogen-bond donors (Lipinski definition) is 0. The fourth-order valence-corrected chi connectivity index (χ4v) is 5.20. The Bertz CT molecular complexity index is 1080. The summed E-state index contributed by atoms with van der Waals surface area (Å²) >= 11 is 5.75. The first-order chi connectivity index (χ1) is 13.8. The number of para-hydroxylation sites is 2. The summed E-state index contributed by atoms with van der Waals surface area (Å²) in [6.07, 6.45) is 0. The van der Waals surface area contributed by atoms with Crippen molar-refractivity contribution in [2.24, 2.45) is 0 Å². The molecule has 3 aromatic carbocycles. The van der Waals surface area contributed by atoms with E-state index < -0.39 is 20.6 Å². The van der Waals surface area contributed by atoms with E-state index in [-0.39, 0.29) is 26.8 Å². The number of rotatable bonds is 8. The standard InChI is InChI=1S/C19H16ClNO6S2/c20-15-16-11-13-17(14-12-16)21(28(22,23)26-18-7-3-1-4-8-18)29(24,25)27-19-9-5-2-6-10-19/h1-14H,15H2. The summed E-state index contributed by atoms with van der Waals surface area (Å²) in [4.78, 5) is 0. The molecule has 0 N–H and O–H groups in total. The predicted molar refractivity (Wildman–Crippen MR) is 110 cm³/mol. The smallest absolute Gasteiger partial charge is 0.366 e. The number of hydrogen-bond acceptors (Lipinski definition) is 6. The SMILES string of the molecule is O=S(=O)(Oc1ccccc1)N(c1ccc(CCl)cc1)S(=O)(=O)Oc1ccccc1. The van der Waals surface area contributed by atoms with Crippen LogP contribution in [-0.2, 0) is 26.5 Å². The number of alkyl halides is 1. The van der Waals surface area contributed by atoms with Gasteiger partial charge in [-0.15, -0.1) is 11.6 Å². The van der Waals surface area contributed by atoms with Gasteiger partial charge < -0.3 is 8.37 Å². The summed E-state index contributed by atoms with van der Waals surface area (Å²) in [5, 5.41) is 0. The molecule has 0 heterocycles. The topological polar surface area (TPSA) is 90.0 Å². The highest BCUT2D eigenvalue weighted by Gasteiger charge is 2.38. The number of benzene rings is 3. The van der Waals surface area contributed by atoms with E-state index in [2.05, 4.69) is 0 Å². The van der Waals surface area contributed by atoms with Crippen LogP contribution in [0.25, 0.3) is 0 Å². The van der Waals surface area contributed by atoms with E-state index >= 15 is 0 Å². The fourth-order valence-electron chi connectivity index (χ4n) is 2.34. The molecule has 0 saturated heterocycles. The lowest BCUT2D eigenvalue weighted by atomic mass is 10.2. The molecular weight excluding hydrogens is 438 g/mol. The van der Waals surface area contributed by atoms with Gasteiger partial charge in [-0.1, -0.05) is 52.2 Å². The molecule has 0 aromatic heterocycles. The molecule has 0 fully saturated rings. The Morgan fingerprint density at radius 2 is 1.07 bits per heavy atom. The van der Waals surface area contributed by atoms with Crippen LogP contribution >= 0.6 is 11.6 Å². The third-order valence-corrected chi connectivity index (χ3v) is 7.04. The number of anilines is 1. The molecule has 0 radical (unpaired) electrons. The van der Waals surface area contributed by atoms with Gasteiger partial charge in [-0.2, -0.15) is 16.8 Å². The Morgan fingerprint density at radius 3 is 1.45 bits per heavy atom. The lowest BCUT2D eigenvalue weighted by Crippen LogP contribution is -2.42. The highest BCUT2D eigenvalue weighted by molar-refractivity contribution is 8.06. The van der Waals surface area contributed by atoms with Crippen molar-refractivity contribution in [3.63, 3.8) is 0 Å². The van der Waals surface area contributed by atoms with Gasteiger partial charge in [0.2, 0.25) is 0 Å². The van der Waals surface area contributed by atoms with Crippen LogP contribution in [0.15, 0.2) is 84.9 Å². The van der Waals surface area contributed by atoms with Crippen molar-refractivity contribution in [1.29, 1.82) is 0 Å². The molecule has 0 amide bonds. The molecule has 0 saturated carbocycles. The second-order valence-electron chi connectivity index (χ2n) is 5.71. The minimum absolute atomic E-state index is 0.0511. The van der Waals surface area contributed by atoms with Crippen molar-refractivity contribution in [3.8, 4) is 11.5 Å². The molecule has 7 nitrogen and oxygen atoms in total. The summed E-state index contributed by atoms with van der Waals surface area (Å²) in [6.45, 7) is 0. The van der Waals surface area contributed by atoms with Gasteiger partial charge in [0.25, 0.3) is 0 Å². The molecule has 29 heavy (non-hydrogen) atoms. The van der Waals surface area contributed by atoms with Crippen molar-refractivity contribution in [2.75, 3.05) is 3.71 Å². The lowest BCUT2D eigenvalue weighted by Gasteiger charge is -2.22. The maximum absolute atomic E-state index is 12.9. The first-order valence-electron chi connectivity index (χ1n) is 8.26. The minimum atomic E-state index is -4.84. The van der Waals surface area contributed by atoms with E-state index in [1.165, 1.54) is 48.5 Å². The maximum Gasteiger partial charge on any atom is 0.425 e. The molecule has 0 aliphatic heterocycles. The average Bonchev–Trinajstić information content (AvgIpc) is 2.69. The average molecular weight is 454 g/mol. The van der Waals surface area contributed by atoms with Crippen LogP contribution < -0.4 is 12.1 Å². The minimum Gasteiger partial charge on any atom is -0.366 e. The van der Waals surface area contributed by atoms with Crippen LogP contribution in [0.1, 0.15) is 5.56 Å². The predicted octanol–water partition coefficient (Wildman–Crippen LogP) is 3.88. The largest absolute Gasteiger partial charge is 0.425 e. The zero-order valence-electron chi connectivity index (χ0n) is 14.9. The molecular formula is C19H16ClNO6S2. The van der Waals surface area contributed by atoms with E-state index in [0.717, 1.165) is 0 Å². The Morgan fingerprint density at radius 1 is 0.655 bits per heavy atom. The van der Waals surface area contributed by atoms with Crippen molar-refractivity contribution in [3.05, 3.63) is 90.5 Å². The summed E-state index contributed by atoms with van der Waals surface area (Å²) in [6, 6.07) is 20.7. The molecule has 0 aliphatic carbocycles. The van der Waals surface area contributed by atoms with Gasteiger partial charge in [0.15, 0.2) is 0 Å². The van der Waals surface area contributed by atoms with Crippen LogP contribution in [-0.4, -0.2) is 16.8 Å². The Kier molecular flexibility index (Phi) is 6.31. The third kappa shape index (κ3) is 5.20. The van der Waals surface area contributed by atoms with Crippen LogP contribution in [0, 0.1) is 0 Å². The first kappa shape index (κ1) is 21.0. The summed E-state index contributed by atoms with van der Waals surface area (Å²) in [7, 11) is -9.68. The summed E-state index contributed by atoms with van der Waals surface area (Å²) < 4.78 is 61.8. The Labute approximate surface area is 174 Å². The van der Waals surface area contributed by atoms with Gasteiger partial charge in [-0.05, 0) is 42.0 Å². The van der Waals surface area contributed by atoms with Gasteiger partial charge in [-0.25, -0.2) is 0 Å². The zero-order valence-corrected chi connectivity index (χ0v) is 17.3. The van der Waals surface area contributed by atoms with Crippen LogP contribution in [0.2, 0.25) is 0 Å². The monoisotopic (exact) mass is 453 g/mol. The van der Waals surface area contributed by atoms with E-state index in [1.807, 2.05) is 0 Å². The Hall–Kier alpha value is -2.75. The normalized spacial score (nSPS) is 11.6. The number of halogens is 1. The third-order valence-electron chi connectivity index (χ3n) is 3.60. The van der Waals surface area contributed by atoms with E-state index in [4.69, 9.17) is 20.0 Å². The summed E-state index contributed by atoms with van der Waals surface area (Å²) in [5.74, 6) is 0.0791. The fraction of sp³-hybridized carbons (Fsp3) is 0.0526. The molecule has 10 heteroatoms. The number of nitrogens with zero attached hydrogens (tertiary/aromatic N) is 1. The second-order valence-corrected chi connectivity index (χ2v) is 8.98. The van der Waals surface area contributed by atoms with Crippen LogP contribution in [0.5, 0.6) is 11.5 Å². The lowest BCUT2D eigenvalue weighted by molar-refractivity contribution is 0.469. The van der Waals surface area contributed by atoms with Gasteiger partial charge in [-0.3, -0.25) is 0 Å². The first-order valence-corrected chi connectivity index (χ1v) is 11.5. The second kappa shape index (κ2) is 8.73. The molecule has 0 bridgehead atoms. The molecule has 0 aliphatic rings. The highest BCUT2D eigenvalue weighted by Crippen LogP contribution is 2.27. The molecule has 3 rings (SSSR count). The van der Waals surface area contributed by atoms with Gasteiger partial charge in [0.1, 0.15) is 11.5 Å². The van der Waals surface area contributed by atoms with Gasteiger partial charge >= 0.3 is 20.6 Å². The van der Waals surface area contributed by atoms with Gasteiger partial charge in [0, 0.05) is 5.88 Å². The van der Waals surface area contributed by atoms with E-state index in [1.54, 1.807) is 36.4 Å². The van der Waals surface area contributed by atoms with E-state index in [9.17, 15) is 16.8 Å². The summed E-state index contributed by atoms with van der Waals surface area (Å²) in [5.41, 5.74) is 0.490. The van der Waals surface area contributed by atoms with Crippen molar-refractivity contribution in [2.45, 2.75) is 5.88 Å². The molecule has 152 valence electrons. The maximum atomic E-state index is 12.9. The molecule has 0 spiro atoms. The van der Waals surface area contributed by atoms with Crippen molar-refractivity contribution in [1.82, 2.24) is 0 Å². The molecule has 0 unspecified atom stereocenters. The van der Waals surface area contributed by atoms with Gasteiger partial charge in [0.05, 0.1) is 5.69 Å². The zero-order chi connectivity index (χ0) is 20.9. The molecule has 0 atom stereocenters. The van der Waals surface area contributed by atoms with Crippen LogP contribution in [0.3, 0.4) is 0 Å². The Balaban J connectivity index is 2.05. The quantitative estimate of drug-likeness (QED) is 0.481. The van der Waals surface area contributed by atoms with Crippen molar-refractivity contribution < 1.29 is 25.2 Å². The highest BCUT2D eigenvalue weighted by atomic mass is 35.5. The van der Waals surface area contributed by atoms with Crippen molar-refractivity contribution >= 4 is 37.9 Å². The molecule has 3 aromatic rings.